The number of ether oxygens (including phenoxy) is 1. The summed E-state index contributed by atoms with van der Waals surface area (Å²) in [6, 6.07) is 10.8. The lowest BCUT2D eigenvalue weighted by Crippen LogP contribution is -2.12. The van der Waals surface area contributed by atoms with Crippen molar-refractivity contribution in [3.8, 4) is 5.75 Å². The molecule has 1 aromatic carbocycles. The minimum Gasteiger partial charge on any atom is -0.495 e. The first-order chi connectivity index (χ1) is 7.81. The maximum atomic E-state index is 11.7. The molecule has 0 atom stereocenters. The minimum absolute atomic E-state index is 0.186. The van der Waals surface area contributed by atoms with Crippen molar-refractivity contribution >= 4 is 11.6 Å². The van der Waals surface area contributed by atoms with Gasteiger partial charge in [0.15, 0.2) is 0 Å². The first-order valence-corrected chi connectivity index (χ1v) is 4.89. The fourth-order valence-corrected chi connectivity index (χ4v) is 1.41. The van der Waals surface area contributed by atoms with E-state index in [1.807, 2.05) is 12.1 Å². The Morgan fingerprint density at radius 1 is 1.25 bits per heavy atom. The summed E-state index contributed by atoms with van der Waals surface area (Å²) >= 11 is 0. The molecule has 0 aliphatic rings. The quantitative estimate of drug-likeness (QED) is 0.826. The second-order valence-corrected chi connectivity index (χ2v) is 3.24. The molecule has 2 N–H and O–H groups in total. The van der Waals surface area contributed by atoms with Crippen LogP contribution < -0.4 is 10.1 Å². The van der Waals surface area contributed by atoms with E-state index in [-0.39, 0.29) is 5.91 Å². The van der Waals surface area contributed by atoms with Gasteiger partial charge in [-0.1, -0.05) is 12.1 Å². The predicted octanol–water partition coefficient (Wildman–Crippen LogP) is 2.28. The average Bonchev–Trinajstić information content (AvgIpc) is 2.83. The van der Waals surface area contributed by atoms with Crippen molar-refractivity contribution in [3.05, 3.63) is 48.3 Å². The van der Waals surface area contributed by atoms with Gasteiger partial charge in [-0.05, 0) is 24.3 Å². The highest BCUT2D eigenvalue weighted by molar-refractivity contribution is 6.03. The number of hydrogen-bond donors (Lipinski definition) is 2. The number of nitrogens with one attached hydrogen (secondary N) is 2. The molecule has 0 bridgehead atoms. The van der Waals surface area contributed by atoms with Crippen LogP contribution in [-0.4, -0.2) is 18.0 Å². The maximum absolute atomic E-state index is 11.7. The molecule has 2 rings (SSSR count). The summed E-state index contributed by atoms with van der Waals surface area (Å²) in [5.74, 6) is 0.455. The Hall–Kier alpha value is -2.23. The molecule has 0 aliphatic heterocycles. The Labute approximate surface area is 93.3 Å². The van der Waals surface area contributed by atoms with Crippen LogP contribution in [0.4, 0.5) is 5.69 Å². The monoisotopic (exact) mass is 216 g/mol. The van der Waals surface area contributed by atoms with E-state index < -0.39 is 0 Å². The SMILES string of the molecule is COc1ccccc1NC(=O)c1ccc[nH]1. The van der Waals surface area contributed by atoms with Crippen molar-refractivity contribution < 1.29 is 9.53 Å². The molecule has 0 aliphatic carbocycles. The summed E-state index contributed by atoms with van der Waals surface area (Å²) in [7, 11) is 1.57. The van der Waals surface area contributed by atoms with Crippen LogP contribution in [-0.2, 0) is 0 Å². The highest BCUT2D eigenvalue weighted by atomic mass is 16.5. The molecular formula is C12H12N2O2. The Morgan fingerprint density at radius 3 is 2.75 bits per heavy atom. The lowest BCUT2D eigenvalue weighted by atomic mass is 10.3. The van der Waals surface area contributed by atoms with Crippen LogP contribution in [0.3, 0.4) is 0 Å². The summed E-state index contributed by atoms with van der Waals surface area (Å²) in [6.45, 7) is 0. The van der Waals surface area contributed by atoms with Gasteiger partial charge in [0, 0.05) is 6.20 Å². The molecule has 4 heteroatoms. The van der Waals surface area contributed by atoms with Crippen LogP contribution in [0.2, 0.25) is 0 Å². The molecule has 16 heavy (non-hydrogen) atoms. The Morgan fingerprint density at radius 2 is 2.06 bits per heavy atom. The van der Waals surface area contributed by atoms with Gasteiger partial charge in [-0.15, -0.1) is 0 Å². The molecule has 82 valence electrons. The van der Waals surface area contributed by atoms with E-state index in [1.165, 1.54) is 0 Å². The summed E-state index contributed by atoms with van der Waals surface area (Å²) < 4.78 is 5.14. The predicted molar refractivity (Wildman–Crippen MR) is 61.7 cm³/mol. The smallest absolute Gasteiger partial charge is 0.272 e. The largest absolute Gasteiger partial charge is 0.495 e. The van der Waals surface area contributed by atoms with Crippen molar-refractivity contribution in [2.24, 2.45) is 0 Å². The number of para-hydroxylation sites is 2. The fraction of sp³-hybridized carbons (Fsp3) is 0.0833. The van der Waals surface area contributed by atoms with Gasteiger partial charge in [0.25, 0.3) is 5.91 Å². The summed E-state index contributed by atoms with van der Waals surface area (Å²) in [4.78, 5) is 14.6. The number of aromatic nitrogens is 1. The zero-order valence-corrected chi connectivity index (χ0v) is 8.86. The number of amides is 1. The van der Waals surface area contributed by atoms with Crippen molar-refractivity contribution in [3.63, 3.8) is 0 Å². The minimum atomic E-state index is -0.186. The second-order valence-electron chi connectivity index (χ2n) is 3.24. The van der Waals surface area contributed by atoms with Crippen LogP contribution in [0, 0.1) is 0 Å². The molecule has 0 unspecified atom stereocenters. The van der Waals surface area contributed by atoms with Gasteiger partial charge in [-0.2, -0.15) is 0 Å². The molecule has 2 aromatic rings. The van der Waals surface area contributed by atoms with Gasteiger partial charge in [-0.3, -0.25) is 4.79 Å². The van der Waals surface area contributed by atoms with Crippen LogP contribution in [0.15, 0.2) is 42.6 Å². The van der Waals surface area contributed by atoms with Crippen LogP contribution in [0.25, 0.3) is 0 Å². The molecule has 0 spiro atoms. The topological polar surface area (TPSA) is 54.1 Å². The van der Waals surface area contributed by atoms with E-state index in [0.717, 1.165) is 0 Å². The molecule has 1 aromatic heterocycles. The maximum Gasteiger partial charge on any atom is 0.272 e. The van der Waals surface area contributed by atoms with Crippen molar-refractivity contribution in [1.29, 1.82) is 0 Å². The number of carbonyl (C=O) groups excluding carboxylic acids is 1. The zero-order chi connectivity index (χ0) is 11.4. The lowest BCUT2D eigenvalue weighted by molar-refractivity contribution is 0.102. The van der Waals surface area contributed by atoms with Crippen molar-refractivity contribution in [2.45, 2.75) is 0 Å². The highest BCUT2D eigenvalue weighted by Crippen LogP contribution is 2.23. The number of rotatable bonds is 3. The van der Waals surface area contributed by atoms with Gasteiger partial charge in [0.1, 0.15) is 11.4 Å². The Bertz CT molecular complexity index is 478. The molecule has 1 heterocycles. The Balaban J connectivity index is 2.18. The van der Waals surface area contributed by atoms with E-state index >= 15 is 0 Å². The van der Waals surface area contributed by atoms with Crippen LogP contribution in [0.1, 0.15) is 10.5 Å². The average molecular weight is 216 g/mol. The van der Waals surface area contributed by atoms with E-state index in [4.69, 9.17) is 4.74 Å². The molecule has 0 radical (unpaired) electrons. The van der Waals surface area contributed by atoms with E-state index in [0.29, 0.717) is 17.1 Å². The third kappa shape index (κ3) is 2.06. The van der Waals surface area contributed by atoms with Gasteiger partial charge in [0.2, 0.25) is 0 Å². The van der Waals surface area contributed by atoms with Gasteiger partial charge in [-0.25, -0.2) is 0 Å². The van der Waals surface area contributed by atoms with Gasteiger partial charge >= 0.3 is 0 Å². The van der Waals surface area contributed by atoms with E-state index in [9.17, 15) is 4.79 Å². The first kappa shape index (κ1) is 10.3. The Kier molecular flexibility index (Phi) is 2.91. The molecular weight excluding hydrogens is 204 g/mol. The number of carbonyl (C=O) groups is 1. The molecule has 0 saturated carbocycles. The number of hydrogen-bond acceptors (Lipinski definition) is 2. The lowest BCUT2D eigenvalue weighted by Gasteiger charge is -2.08. The third-order valence-corrected chi connectivity index (χ3v) is 2.20. The number of benzene rings is 1. The third-order valence-electron chi connectivity index (χ3n) is 2.20. The standard InChI is InChI=1S/C12H12N2O2/c1-16-11-7-3-2-5-9(11)14-12(15)10-6-4-8-13-10/h2-8,13H,1H3,(H,14,15). The number of anilines is 1. The second kappa shape index (κ2) is 4.53. The molecule has 4 nitrogen and oxygen atoms in total. The molecule has 1 amide bonds. The van der Waals surface area contributed by atoms with Crippen molar-refractivity contribution in [2.75, 3.05) is 12.4 Å². The molecule has 0 fully saturated rings. The van der Waals surface area contributed by atoms with Crippen molar-refractivity contribution in [1.82, 2.24) is 4.98 Å². The van der Waals surface area contributed by atoms with Gasteiger partial charge in [0.05, 0.1) is 12.8 Å². The summed E-state index contributed by atoms with van der Waals surface area (Å²) in [5.41, 5.74) is 1.18. The number of aromatic amines is 1. The van der Waals surface area contributed by atoms with Crippen LogP contribution >= 0.6 is 0 Å². The summed E-state index contributed by atoms with van der Waals surface area (Å²) in [6.07, 6.45) is 1.71. The van der Waals surface area contributed by atoms with Gasteiger partial charge < -0.3 is 15.0 Å². The van der Waals surface area contributed by atoms with E-state index in [2.05, 4.69) is 10.3 Å². The number of methoxy groups -OCH3 is 1. The van der Waals surface area contributed by atoms with Crippen LogP contribution in [0.5, 0.6) is 5.75 Å². The van der Waals surface area contributed by atoms with E-state index in [1.54, 1.807) is 37.6 Å². The summed E-state index contributed by atoms with van der Waals surface area (Å²) in [5, 5.41) is 2.77. The highest BCUT2D eigenvalue weighted by Gasteiger charge is 2.08. The number of H-pyrrole nitrogens is 1. The molecule has 0 saturated heterocycles. The normalized spacial score (nSPS) is 9.81. The fourth-order valence-electron chi connectivity index (χ4n) is 1.41. The zero-order valence-electron chi connectivity index (χ0n) is 8.86. The first-order valence-electron chi connectivity index (χ1n) is 4.89.